The van der Waals surface area contributed by atoms with Crippen molar-refractivity contribution in [2.45, 2.75) is 26.2 Å². The van der Waals surface area contributed by atoms with Crippen LogP contribution >= 0.6 is 0 Å². The number of carbonyl (C=O) groups excluding carboxylic acids is 2. The molecule has 0 aromatic heterocycles. The minimum atomic E-state index is -0.428. The van der Waals surface area contributed by atoms with E-state index in [4.69, 9.17) is 4.74 Å². The van der Waals surface area contributed by atoms with Gasteiger partial charge in [-0.15, -0.1) is 0 Å². The first-order valence-corrected chi connectivity index (χ1v) is 7.50. The molecule has 0 spiro atoms. The van der Waals surface area contributed by atoms with Gasteiger partial charge in [-0.2, -0.15) is 0 Å². The predicted molar refractivity (Wildman–Crippen MR) is 88.3 cm³/mol. The SMILES string of the molecule is CCCCCOC(=O)CNC(=O)Nc1ccc(N(C)C)cc1. The summed E-state index contributed by atoms with van der Waals surface area (Å²) in [6, 6.07) is 6.98. The minimum absolute atomic E-state index is 0.131. The Hall–Kier alpha value is -2.24. The molecule has 2 N–H and O–H groups in total. The van der Waals surface area contributed by atoms with E-state index in [0.29, 0.717) is 12.3 Å². The van der Waals surface area contributed by atoms with Crippen LogP contribution in [0.25, 0.3) is 0 Å². The van der Waals surface area contributed by atoms with Crippen molar-refractivity contribution in [2.24, 2.45) is 0 Å². The molecule has 0 bridgehead atoms. The van der Waals surface area contributed by atoms with Gasteiger partial charge < -0.3 is 20.3 Å². The molecule has 0 saturated carbocycles. The highest BCUT2D eigenvalue weighted by molar-refractivity contribution is 5.91. The molecule has 122 valence electrons. The van der Waals surface area contributed by atoms with Crippen LogP contribution in [0.3, 0.4) is 0 Å². The third-order valence-electron chi connectivity index (χ3n) is 3.05. The van der Waals surface area contributed by atoms with Gasteiger partial charge in [0.25, 0.3) is 0 Å². The highest BCUT2D eigenvalue weighted by Crippen LogP contribution is 2.15. The van der Waals surface area contributed by atoms with Gasteiger partial charge in [0.05, 0.1) is 6.61 Å². The van der Waals surface area contributed by atoms with Crippen molar-refractivity contribution >= 4 is 23.4 Å². The summed E-state index contributed by atoms with van der Waals surface area (Å²) in [7, 11) is 3.89. The Morgan fingerprint density at radius 1 is 1.14 bits per heavy atom. The fraction of sp³-hybridized carbons (Fsp3) is 0.500. The van der Waals surface area contributed by atoms with Crippen LogP contribution in [0.2, 0.25) is 0 Å². The van der Waals surface area contributed by atoms with Crippen molar-refractivity contribution in [3.8, 4) is 0 Å². The molecule has 0 radical (unpaired) electrons. The van der Waals surface area contributed by atoms with Crippen LogP contribution in [0.5, 0.6) is 0 Å². The molecule has 0 fully saturated rings. The van der Waals surface area contributed by atoms with Crippen LogP contribution in [-0.4, -0.2) is 39.2 Å². The molecule has 0 unspecified atom stereocenters. The lowest BCUT2D eigenvalue weighted by molar-refractivity contribution is -0.142. The Kier molecular flexibility index (Phi) is 7.81. The first-order valence-electron chi connectivity index (χ1n) is 7.50. The molecular weight excluding hydrogens is 282 g/mol. The number of hydrogen-bond donors (Lipinski definition) is 2. The summed E-state index contributed by atoms with van der Waals surface area (Å²) in [6.45, 7) is 2.36. The zero-order chi connectivity index (χ0) is 16.4. The van der Waals surface area contributed by atoms with Gasteiger partial charge in [0.15, 0.2) is 0 Å². The molecule has 0 aliphatic heterocycles. The van der Waals surface area contributed by atoms with Crippen LogP contribution in [0, 0.1) is 0 Å². The number of unbranched alkanes of at least 4 members (excludes halogenated alkanes) is 2. The van der Waals surface area contributed by atoms with Gasteiger partial charge in [0, 0.05) is 25.5 Å². The molecule has 0 atom stereocenters. The monoisotopic (exact) mass is 307 g/mol. The molecule has 0 aliphatic carbocycles. The van der Waals surface area contributed by atoms with Gasteiger partial charge in [-0.25, -0.2) is 4.79 Å². The summed E-state index contributed by atoms with van der Waals surface area (Å²) in [4.78, 5) is 25.1. The predicted octanol–water partition coefficient (Wildman–Crippen LogP) is 2.61. The third kappa shape index (κ3) is 6.97. The number of carbonyl (C=O) groups is 2. The largest absolute Gasteiger partial charge is 0.464 e. The molecule has 0 saturated heterocycles. The standard InChI is InChI=1S/C16H25N3O3/c1-4-5-6-11-22-15(20)12-17-16(21)18-13-7-9-14(10-8-13)19(2)3/h7-10H,4-6,11-12H2,1-3H3,(H2,17,18,21). The number of nitrogens with one attached hydrogen (secondary N) is 2. The summed E-state index contributed by atoms with van der Waals surface area (Å²) < 4.78 is 5.00. The fourth-order valence-electron chi connectivity index (χ4n) is 1.76. The van der Waals surface area contributed by atoms with Crippen LogP contribution < -0.4 is 15.5 Å². The number of nitrogens with zero attached hydrogens (tertiary/aromatic N) is 1. The lowest BCUT2D eigenvalue weighted by Gasteiger charge is -2.13. The van der Waals surface area contributed by atoms with E-state index < -0.39 is 12.0 Å². The number of esters is 1. The van der Waals surface area contributed by atoms with E-state index in [9.17, 15) is 9.59 Å². The van der Waals surface area contributed by atoms with Crippen LogP contribution in [-0.2, 0) is 9.53 Å². The number of ether oxygens (including phenoxy) is 1. The second-order valence-corrected chi connectivity index (χ2v) is 5.18. The maximum atomic E-state index is 11.7. The van der Waals surface area contributed by atoms with Gasteiger partial charge in [-0.1, -0.05) is 19.8 Å². The lowest BCUT2D eigenvalue weighted by Crippen LogP contribution is -2.34. The minimum Gasteiger partial charge on any atom is -0.464 e. The Balaban J connectivity index is 2.26. The maximum absolute atomic E-state index is 11.7. The Morgan fingerprint density at radius 3 is 2.41 bits per heavy atom. The summed E-state index contributed by atoms with van der Waals surface area (Å²) in [5, 5.41) is 5.14. The molecule has 6 nitrogen and oxygen atoms in total. The van der Waals surface area contributed by atoms with Gasteiger partial charge in [-0.3, -0.25) is 4.79 Å². The topological polar surface area (TPSA) is 70.7 Å². The number of rotatable bonds is 8. The number of anilines is 2. The Labute approximate surface area is 131 Å². The van der Waals surface area contributed by atoms with Crippen LogP contribution in [0.4, 0.5) is 16.2 Å². The molecule has 0 heterocycles. The quantitative estimate of drug-likeness (QED) is 0.572. The number of hydrogen-bond acceptors (Lipinski definition) is 4. The summed E-state index contributed by atoms with van der Waals surface area (Å²) in [5.41, 5.74) is 1.71. The number of urea groups is 1. The summed E-state index contributed by atoms with van der Waals surface area (Å²) in [5.74, 6) is -0.422. The van der Waals surface area contributed by atoms with Crippen molar-refractivity contribution in [1.82, 2.24) is 5.32 Å². The van der Waals surface area contributed by atoms with Gasteiger partial charge >= 0.3 is 12.0 Å². The Morgan fingerprint density at radius 2 is 1.82 bits per heavy atom. The first kappa shape index (κ1) is 17.8. The molecule has 1 aromatic rings. The van der Waals surface area contributed by atoms with Crippen molar-refractivity contribution in [3.63, 3.8) is 0 Å². The van der Waals surface area contributed by atoms with E-state index in [1.165, 1.54) is 0 Å². The highest BCUT2D eigenvalue weighted by atomic mass is 16.5. The van der Waals surface area contributed by atoms with E-state index in [1.54, 1.807) is 12.1 Å². The van der Waals surface area contributed by atoms with E-state index in [-0.39, 0.29) is 6.54 Å². The smallest absolute Gasteiger partial charge is 0.325 e. The molecule has 6 heteroatoms. The normalized spacial score (nSPS) is 9.95. The summed E-state index contributed by atoms with van der Waals surface area (Å²) in [6.07, 6.45) is 2.96. The van der Waals surface area contributed by atoms with Crippen LogP contribution in [0.1, 0.15) is 26.2 Å². The van der Waals surface area contributed by atoms with Crippen molar-refractivity contribution in [3.05, 3.63) is 24.3 Å². The van der Waals surface area contributed by atoms with Crippen LogP contribution in [0.15, 0.2) is 24.3 Å². The van der Waals surface area contributed by atoms with Crippen molar-refractivity contribution in [2.75, 3.05) is 37.5 Å². The third-order valence-corrected chi connectivity index (χ3v) is 3.05. The second-order valence-electron chi connectivity index (χ2n) is 5.18. The Bertz CT molecular complexity index is 472. The first-order chi connectivity index (χ1) is 10.5. The fourth-order valence-corrected chi connectivity index (χ4v) is 1.76. The average molecular weight is 307 g/mol. The zero-order valence-electron chi connectivity index (χ0n) is 13.5. The van der Waals surface area contributed by atoms with E-state index >= 15 is 0 Å². The van der Waals surface area contributed by atoms with E-state index in [2.05, 4.69) is 17.6 Å². The molecular formula is C16H25N3O3. The van der Waals surface area contributed by atoms with Gasteiger partial charge in [-0.05, 0) is 30.7 Å². The van der Waals surface area contributed by atoms with E-state index in [0.717, 1.165) is 24.9 Å². The molecule has 2 amide bonds. The van der Waals surface area contributed by atoms with Crippen molar-refractivity contribution < 1.29 is 14.3 Å². The lowest BCUT2D eigenvalue weighted by atomic mass is 10.2. The summed E-state index contributed by atoms with van der Waals surface area (Å²) >= 11 is 0. The van der Waals surface area contributed by atoms with Crippen molar-refractivity contribution in [1.29, 1.82) is 0 Å². The van der Waals surface area contributed by atoms with Gasteiger partial charge in [0.1, 0.15) is 6.54 Å². The molecule has 1 rings (SSSR count). The maximum Gasteiger partial charge on any atom is 0.325 e. The van der Waals surface area contributed by atoms with E-state index in [1.807, 2.05) is 31.1 Å². The highest BCUT2D eigenvalue weighted by Gasteiger charge is 2.06. The second kappa shape index (κ2) is 9.65. The number of benzene rings is 1. The number of amides is 2. The zero-order valence-corrected chi connectivity index (χ0v) is 13.5. The average Bonchev–Trinajstić information content (AvgIpc) is 2.50. The molecule has 0 aliphatic rings. The molecule has 1 aromatic carbocycles. The molecule has 22 heavy (non-hydrogen) atoms. The van der Waals surface area contributed by atoms with Gasteiger partial charge in [0.2, 0.25) is 0 Å².